The van der Waals surface area contributed by atoms with Crippen LogP contribution in [0.3, 0.4) is 0 Å². The number of hydrogen-bond donors (Lipinski definition) is 2. The maximum atomic E-state index is 13.8. The van der Waals surface area contributed by atoms with Crippen LogP contribution in [-0.4, -0.2) is 87.2 Å². The van der Waals surface area contributed by atoms with Crippen LogP contribution in [0, 0.1) is 23.7 Å². The smallest absolute Gasteiger partial charge is 0.303 e. The van der Waals surface area contributed by atoms with Crippen LogP contribution in [0.25, 0.3) is 6.08 Å². The van der Waals surface area contributed by atoms with E-state index in [0.29, 0.717) is 30.4 Å². The van der Waals surface area contributed by atoms with Gasteiger partial charge in [0.05, 0.1) is 26.1 Å². The first-order valence-electron chi connectivity index (χ1n) is 14.4. The van der Waals surface area contributed by atoms with Gasteiger partial charge in [0.1, 0.15) is 0 Å². The zero-order valence-electron chi connectivity index (χ0n) is 24.5. The third-order valence-corrected chi connectivity index (χ3v) is 10.8. The number of carbonyl (C=O) groups is 5. The van der Waals surface area contributed by atoms with Crippen molar-refractivity contribution in [3.63, 3.8) is 0 Å². The summed E-state index contributed by atoms with van der Waals surface area (Å²) in [6.07, 6.45) is 6.80. The van der Waals surface area contributed by atoms with Gasteiger partial charge in [0, 0.05) is 25.9 Å². The number of phenolic OH excluding ortho intramolecular Hbond substituents is 1. The number of methoxy groups -OCH3 is 2. The number of unbranched alkanes of at least 4 members (excludes halogenated alkanes) is 2. The number of aliphatic carboxylic acids is 1. The lowest BCUT2D eigenvalue weighted by Gasteiger charge is -2.49. The fraction of sp³-hybridized carbons (Fsp3) is 0.516. The summed E-state index contributed by atoms with van der Waals surface area (Å²) in [5, 5.41) is 19.2. The maximum absolute atomic E-state index is 13.8. The normalized spacial score (nSPS) is 31.2. The van der Waals surface area contributed by atoms with Crippen molar-refractivity contribution < 1.29 is 43.7 Å². The molecule has 3 fully saturated rings. The first-order valence-corrected chi connectivity index (χ1v) is 15.2. The summed E-state index contributed by atoms with van der Waals surface area (Å²) in [7, 11) is 4.11. The molecule has 0 spiro atoms. The second kappa shape index (κ2) is 11.7. The number of carbonyl (C=O) groups excluding carboxylic acids is 4. The van der Waals surface area contributed by atoms with Crippen LogP contribution >= 0.6 is 23.2 Å². The predicted molar refractivity (Wildman–Crippen MR) is 159 cm³/mol. The van der Waals surface area contributed by atoms with E-state index < -0.39 is 51.2 Å². The third-order valence-electron chi connectivity index (χ3n) is 9.42. The number of nitrogens with zero attached hydrogens (tertiary/aromatic N) is 2. The maximum Gasteiger partial charge on any atom is 0.303 e. The van der Waals surface area contributed by atoms with Crippen molar-refractivity contribution in [2.24, 2.45) is 23.7 Å². The number of imide groups is 2. The molecule has 236 valence electrons. The van der Waals surface area contributed by atoms with Crippen LogP contribution < -0.4 is 9.47 Å². The second-order valence-electron chi connectivity index (χ2n) is 11.7. The predicted octanol–water partition coefficient (Wildman–Crippen LogP) is 3.59. The topological polar surface area (TPSA) is 151 Å². The van der Waals surface area contributed by atoms with Crippen molar-refractivity contribution in [2.45, 2.75) is 48.3 Å². The number of aromatic hydroxyl groups is 1. The number of alkyl halides is 2. The number of amides is 4. The van der Waals surface area contributed by atoms with Crippen molar-refractivity contribution in [3.8, 4) is 17.2 Å². The molecule has 6 atom stereocenters. The van der Waals surface area contributed by atoms with Gasteiger partial charge in [0.15, 0.2) is 21.2 Å². The molecule has 1 aromatic carbocycles. The van der Waals surface area contributed by atoms with E-state index in [-0.39, 0.29) is 54.9 Å². The monoisotopic (exact) mass is 648 g/mol. The molecular weight excluding hydrogens is 615 g/mol. The number of carboxylic acids is 1. The lowest BCUT2D eigenvalue weighted by molar-refractivity contribution is -0.141. The molecule has 4 amide bonds. The van der Waals surface area contributed by atoms with E-state index in [9.17, 15) is 29.1 Å². The second-order valence-corrected chi connectivity index (χ2v) is 12.9. The van der Waals surface area contributed by atoms with Crippen molar-refractivity contribution in [2.75, 3.05) is 27.8 Å². The molecule has 11 nitrogen and oxygen atoms in total. The molecule has 1 saturated carbocycles. The van der Waals surface area contributed by atoms with Gasteiger partial charge in [0.25, 0.3) is 11.8 Å². The van der Waals surface area contributed by atoms with Gasteiger partial charge in [-0.2, -0.15) is 0 Å². The lowest BCUT2D eigenvalue weighted by Crippen LogP contribution is -2.60. The standard InChI is InChI=1S/C31H34Cl2N2O9/c1-34-28(41)30(32)15-19-17(9-10-18-24(19)27(40)35(26(18)39)12-6-4-5-7-23(36)37)20(31(30,33)29(34)42)11-8-16-13-21(43-2)25(38)22(14-16)44-3/h8-9,11,13-14,18-20,24,38H,4-7,10,12,15H2,1-3H3,(H,36,37)/t18-,19+,20-,24-,30+,31-/m0/s1. The van der Waals surface area contributed by atoms with Gasteiger partial charge in [-0.05, 0) is 49.3 Å². The quantitative estimate of drug-likeness (QED) is 0.168. The van der Waals surface area contributed by atoms with Crippen LogP contribution in [0.5, 0.6) is 17.2 Å². The minimum absolute atomic E-state index is 0.0142. The van der Waals surface area contributed by atoms with E-state index in [2.05, 4.69) is 0 Å². The largest absolute Gasteiger partial charge is 0.502 e. The van der Waals surface area contributed by atoms with Gasteiger partial charge in [-0.15, -0.1) is 23.2 Å². The number of benzene rings is 1. The number of likely N-dealkylation sites (tertiary alicyclic amines) is 2. The van der Waals surface area contributed by atoms with Crippen molar-refractivity contribution in [1.82, 2.24) is 9.80 Å². The molecule has 13 heteroatoms. The Labute approximate surface area is 264 Å². The van der Waals surface area contributed by atoms with Crippen LogP contribution in [0.15, 0.2) is 29.9 Å². The molecule has 2 heterocycles. The Morgan fingerprint density at radius 2 is 1.68 bits per heavy atom. The Bertz CT molecular complexity index is 1470. The molecular formula is C31H34Cl2N2O9. The molecule has 2 saturated heterocycles. The van der Waals surface area contributed by atoms with E-state index in [1.807, 2.05) is 6.08 Å². The van der Waals surface area contributed by atoms with Gasteiger partial charge in [0.2, 0.25) is 17.6 Å². The van der Waals surface area contributed by atoms with Crippen LogP contribution in [0.1, 0.15) is 44.1 Å². The number of rotatable bonds is 10. The number of allylic oxidation sites excluding steroid dienone is 3. The number of hydrogen-bond acceptors (Lipinski definition) is 8. The summed E-state index contributed by atoms with van der Waals surface area (Å²) in [6.45, 7) is 0.172. The number of carboxylic acid groups (broad SMARTS) is 1. The SMILES string of the molecule is COc1cc(C=C[C@H]2C3=CC[C@@H]4C(=O)N(CCCCCC(=O)O)C(=O)[C@@H]4[C@@H]3C[C@@]3(Cl)C(=O)N(C)C(=O)[C@@]23Cl)cc(OC)c1O. The summed E-state index contributed by atoms with van der Waals surface area (Å²) in [6, 6.07) is 3.13. The lowest BCUT2D eigenvalue weighted by atomic mass is 9.57. The average Bonchev–Trinajstić information content (AvgIpc) is 3.31. The minimum Gasteiger partial charge on any atom is -0.502 e. The van der Waals surface area contributed by atoms with Gasteiger partial charge >= 0.3 is 5.97 Å². The summed E-state index contributed by atoms with van der Waals surface area (Å²) >= 11 is 14.3. The summed E-state index contributed by atoms with van der Waals surface area (Å²) < 4.78 is 10.5. The highest BCUT2D eigenvalue weighted by atomic mass is 35.5. The molecule has 0 bridgehead atoms. The zero-order valence-corrected chi connectivity index (χ0v) is 26.1. The molecule has 44 heavy (non-hydrogen) atoms. The number of phenols is 1. The fourth-order valence-electron chi connectivity index (χ4n) is 7.22. The molecule has 4 aliphatic rings. The van der Waals surface area contributed by atoms with Crippen LogP contribution in [-0.2, 0) is 24.0 Å². The Morgan fingerprint density at radius 1 is 1.02 bits per heavy atom. The Morgan fingerprint density at radius 3 is 2.30 bits per heavy atom. The molecule has 2 aliphatic carbocycles. The van der Waals surface area contributed by atoms with Crippen LogP contribution in [0.4, 0.5) is 0 Å². The molecule has 0 aromatic heterocycles. The van der Waals surface area contributed by atoms with Gasteiger partial charge in [-0.3, -0.25) is 33.8 Å². The van der Waals surface area contributed by atoms with E-state index in [0.717, 1.165) is 4.90 Å². The summed E-state index contributed by atoms with van der Waals surface area (Å²) in [4.78, 5) is 63.6. The van der Waals surface area contributed by atoms with Crippen molar-refractivity contribution >= 4 is 58.9 Å². The van der Waals surface area contributed by atoms with E-state index in [1.54, 1.807) is 24.3 Å². The van der Waals surface area contributed by atoms with E-state index in [4.69, 9.17) is 37.8 Å². The number of ether oxygens (including phenoxy) is 2. The average molecular weight is 650 g/mol. The fourth-order valence-corrected chi connectivity index (χ4v) is 8.19. The number of halogens is 2. The van der Waals surface area contributed by atoms with Crippen molar-refractivity contribution in [1.29, 1.82) is 0 Å². The molecule has 1 aromatic rings. The first kappa shape index (κ1) is 31.8. The molecule has 2 aliphatic heterocycles. The summed E-state index contributed by atoms with van der Waals surface area (Å²) in [5.74, 6) is -5.74. The van der Waals surface area contributed by atoms with Crippen molar-refractivity contribution in [3.05, 3.63) is 35.4 Å². The highest BCUT2D eigenvalue weighted by Gasteiger charge is 2.75. The first-order chi connectivity index (χ1) is 20.8. The Hall–Kier alpha value is -3.57. The molecule has 0 radical (unpaired) electrons. The number of fused-ring (bicyclic) bond motifs is 4. The third kappa shape index (κ3) is 4.75. The van der Waals surface area contributed by atoms with E-state index >= 15 is 0 Å². The highest BCUT2D eigenvalue weighted by molar-refractivity contribution is 6.53. The zero-order chi connectivity index (χ0) is 32.1. The minimum atomic E-state index is -1.90. The van der Waals surface area contributed by atoms with Gasteiger partial charge < -0.3 is 19.7 Å². The molecule has 2 N–H and O–H groups in total. The Balaban J connectivity index is 1.51. The highest BCUT2D eigenvalue weighted by Crippen LogP contribution is 2.63. The van der Waals surface area contributed by atoms with E-state index in [1.165, 1.54) is 26.2 Å². The molecule has 0 unspecified atom stereocenters. The van der Waals surface area contributed by atoms with Gasteiger partial charge in [-0.1, -0.05) is 30.2 Å². The molecule has 5 rings (SSSR count). The van der Waals surface area contributed by atoms with Crippen LogP contribution in [0.2, 0.25) is 0 Å². The summed E-state index contributed by atoms with van der Waals surface area (Å²) in [5.41, 5.74) is 1.20. The van der Waals surface area contributed by atoms with Gasteiger partial charge in [-0.25, -0.2) is 0 Å². The Kier molecular flexibility index (Phi) is 8.50.